The molecule has 10 heteroatoms. The molecule has 4 atom stereocenters. The molecule has 2 amide bonds. The van der Waals surface area contributed by atoms with Crippen molar-refractivity contribution in [1.29, 1.82) is 0 Å². The molecule has 4 unspecified atom stereocenters. The third-order valence-electron chi connectivity index (χ3n) is 6.95. The van der Waals surface area contributed by atoms with Gasteiger partial charge in [-0.3, -0.25) is 29.4 Å². The Morgan fingerprint density at radius 1 is 1.05 bits per heavy atom. The standard InChI is InChI=1S/C27H31N3O7/c1-2-14-37-19-10-8-18(9-11-19)23-21-22(27(29-23,26(35)36)15-20(31)32)25(34)30(24(21)33)13-12-28-16-17-6-4-3-5-7-17/h3-11,21-23,28-29H,2,12-16H2,1H3,(H,31,32)(H,35,36). The molecule has 0 aromatic heterocycles. The van der Waals surface area contributed by atoms with E-state index >= 15 is 0 Å². The average Bonchev–Trinajstić information content (AvgIpc) is 3.35. The lowest BCUT2D eigenvalue weighted by Crippen LogP contribution is -2.57. The molecule has 2 fully saturated rings. The van der Waals surface area contributed by atoms with Gasteiger partial charge in [0.2, 0.25) is 11.8 Å². The minimum Gasteiger partial charge on any atom is -0.494 e. The Morgan fingerprint density at radius 2 is 1.76 bits per heavy atom. The number of rotatable bonds is 12. The van der Waals surface area contributed by atoms with Crippen LogP contribution in [0.2, 0.25) is 0 Å². The zero-order valence-electron chi connectivity index (χ0n) is 20.6. The van der Waals surface area contributed by atoms with Crippen molar-refractivity contribution < 1.29 is 34.1 Å². The summed E-state index contributed by atoms with van der Waals surface area (Å²) in [6, 6.07) is 15.6. The van der Waals surface area contributed by atoms with Crippen LogP contribution in [0.25, 0.3) is 0 Å². The molecule has 2 aromatic carbocycles. The lowest BCUT2D eigenvalue weighted by Gasteiger charge is -2.29. The number of carbonyl (C=O) groups excluding carboxylic acids is 2. The van der Waals surface area contributed by atoms with E-state index in [0.29, 0.717) is 31.0 Å². The average molecular weight is 510 g/mol. The second kappa shape index (κ2) is 11.1. The second-order valence-corrected chi connectivity index (χ2v) is 9.38. The first-order valence-electron chi connectivity index (χ1n) is 12.3. The third kappa shape index (κ3) is 5.21. The van der Waals surface area contributed by atoms with E-state index < -0.39 is 53.6 Å². The van der Waals surface area contributed by atoms with Gasteiger partial charge in [0, 0.05) is 25.7 Å². The van der Waals surface area contributed by atoms with Crippen LogP contribution in [0.1, 0.15) is 36.9 Å². The normalized spacial score (nSPS) is 24.8. The van der Waals surface area contributed by atoms with Gasteiger partial charge in [0.15, 0.2) is 0 Å². The number of aliphatic carboxylic acids is 2. The Hall–Kier alpha value is -3.76. The fourth-order valence-corrected chi connectivity index (χ4v) is 5.25. The van der Waals surface area contributed by atoms with Crippen molar-refractivity contribution in [3.63, 3.8) is 0 Å². The summed E-state index contributed by atoms with van der Waals surface area (Å²) in [6.07, 6.45) is -0.00449. The van der Waals surface area contributed by atoms with E-state index in [1.54, 1.807) is 24.3 Å². The highest BCUT2D eigenvalue weighted by Crippen LogP contribution is 2.50. The molecule has 4 rings (SSSR count). The summed E-state index contributed by atoms with van der Waals surface area (Å²) in [7, 11) is 0. The maximum absolute atomic E-state index is 13.5. The number of likely N-dealkylation sites (tertiary alicyclic amines) is 1. The molecule has 0 radical (unpaired) electrons. The molecular weight excluding hydrogens is 478 g/mol. The predicted octanol–water partition coefficient (Wildman–Crippen LogP) is 1.81. The molecule has 0 spiro atoms. The first kappa shape index (κ1) is 26.3. The number of hydrogen-bond acceptors (Lipinski definition) is 7. The van der Waals surface area contributed by atoms with Gasteiger partial charge in [-0.1, -0.05) is 49.4 Å². The molecule has 0 bridgehead atoms. The van der Waals surface area contributed by atoms with E-state index in [-0.39, 0.29) is 6.54 Å². The number of hydrogen-bond donors (Lipinski definition) is 4. The van der Waals surface area contributed by atoms with Crippen molar-refractivity contribution in [3.8, 4) is 5.75 Å². The second-order valence-electron chi connectivity index (χ2n) is 9.38. The van der Waals surface area contributed by atoms with Crippen LogP contribution >= 0.6 is 0 Å². The fourth-order valence-electron chi connectivity index (χ4n) is 5.25. The topological polar surface area (TPSA) is 145 Å². The fraction of sp³-hybridized carbons (Fsp3) is 0.407. The van der Waals surface area contributed by atoms with Crippen LogP contribution in [0, 0.1) is 11.8 Å². The van der Waals surface area contributed by atoms with E-state index in [2.05, 4.69) is 10.6 Å². The minimum absolute atomic E-state index is 0.0524. The Bertz CT molecular complexity index is 1150. The van der Waals surface area contributed by atoms with Crippen LogP contribution in [0.3, 0.4) is 0 Å². The first-order chi connectivity index (χ1) is 17.8. The van der Waals surface area contributed by atoms with Gasteiger partial charge in [0.25, 0.3) is 0 Å². The summed E-state index contributed by atoms with van der Waals surface area (Å²) in [5.41, 5.74) is -0.490. The molecule has 2 aliphatic heterocycles. The van der Waals surface area contributed by atoms with Gasteiger partial charge in [-0.2, -0.15) is 0 Å². The van der Waals surface area contributed by atoms with Crippen LogP contribution in [-0.4, -0.2) is 64.1 Å². The molecule has 37 heavy (non-hydrogen) atoms. The number of nitrogens with zero attached hydrogens (tertiary/aromatic N) is 1. The number of carboxylic acids is 2. The van der Waals surface area contributed by atoms with Crippen LogP contribution < -0.4 is 15.4 Å². The highest BCUT2D eigenvalue weighted by Gasteiger charge is 2.68. The van der Waals surface area contributed by atoms with Crippen LogP contribution in [0.5, 0.6) is 5.75 Å². The predicted molar refractivity (Wildman–Crippen MR) is 133 cm³/mol. The molecule has 2 heterocycles. The third-order valence-corrected chi connectivity index (χ3v) is 6.95. The molecule has 0 saturated carbocycles. The molecule has 2 aliphatic rings. The minimum atomic E-state index is -2.11. The SMILES string of the molecule is CCCOc1ccc(C2NC(CC(=O)O)(C(=O)O)C3C(=O)N(CCNCc4ccccc4)C(=O)C23)cc1. The summed E-state index contributed by atoms with van der Waals surface area (Å²) >= 11 is 0. The summed E-state index contributed by atoms with van der Waals surface area (Å²) in [4.78, 5) is 52.3. The summed E-state index contributed by atoms with van der Waals surface area (Å²) in [5, 5.41) is 25.8. The van der Waals surface area contributed by atoms with Gasteiger partial charge < -0.3 is 20.3 Å². The van der Waals surface area contributed by atoms with Crippen molar-refractivity contribution in [1.82, 2.24) is 15.5 Å². The van der Waals surface area contributed by atoms with Crippen LogP contribution in [0.15, 0.2) is 54.6 Å². The van der Waals surface area contributed by atoms with E-state index in [1.807, 2.05) is 37.3 Å². The molecule has 2 saturated heterocycles. The maximum Gasteiger partial charge on any atom is 0.325 e. The zero-order chi connectivity index (χ0) is 26.6. The number of carboxylic acid groups (broad SMARTS) is 2. The van der Waals surface area contributed by atoms with E-state index in [9.17, 15) is 29.4 Å². The van der Waals surface area contributed by atoms with Crippen molar-refractivity contribution >= 4 is 23.8 Å². The molecular formula is C27H31N3O7. The highest BCUT2D eigenvalue weighted by atomic mass is 16.5. The van der Waals surface area contributed by atoms with Gasteiger partial charge in [-0.25, -0.2) is 0 Å². The largest absolute Gasteiger partial charge is 0.494 e. The van der Waals surface area contributed by atoms with E-state index in [4.69, 9.17) is 4.74 Å². The lowest BCUT2D eigenvalue weighted by molar-refractivity contribution is -0.155. The maximum atomic E-state index is 13.5. The van der Waals surface area contributed by atoms with E-state index in [0.717, 1.165) is 16.9 Å². The number of benzene rings is 2. The number of carbonyl (C=O) groups is 4. The monoisotopic (exact) mass is 509 g/mol. The van der Waals surface area contributed by atoms with Gasteiger partial charge in [0.1, 0.15) is 11.3 Å². The van der Waals surface area contributed by atoms with Crippen molar-refractivity contribution in [2.45, 2.75) is 37.9 Å². The van der Waals surface area contributed by atoms with Crippen molar-refractivity contribution in [3.05, 3.63) is 65.7 Å². The number of amides is 2. The Kier molecular flexibility index (Phi) is 7.89. The molecule has 0 aliphatic carbocycles. The number of nitrogens with one attached hydrogen (secondary N) is 2. The van der Waals surface area contributed by atoms with Crippen molar-refractivity contribution in [2.24, 2.45) is 11.8 Å². The van der Waals surface area contributed by atoms with E-state index in [1.165, 1.54) is 0 Å². The zero-order valence-corrected chi connectivity index (χ0v) is 20.6. The summed E-state index contributed by atoms with van der Waals surface area (Å²) < 4.78 is 5.60. The lowest BCUT2D eigenvalue weighted by atomic mass is 9.77. The number of ether oxygens (including phenoxy) is 1. The number of imide groups is 1. The Morgan fingerprint density at radius 3 is 2.38 bits per heavy atom. The smallest absolute Gasteiger partial charge is 0.325 e. The molecule has 10 nitrogen and oxygen atoms in total. The van der Waals surface area contributed by atoms with Gasteiger partial charge >= 0.3 is 11.9 Å². The molecule has 2 aromatic rings. The molecule has 196 valence electrons. The Labute approximate surface area is 214 Å². The van der Waals surface area contributed by atoms with Gasteiger partial charge in [-0.05, 0) is 29.7 Å². The summed E-state index contributed by atoms with van der Waals surface area (Å²) in [6.45, 7) is 3.42. The Balaban J connectivity index is 1.58. The van der Waals surface area contributed by atoms with Crippen LogP contribution in [-0.2, 0) is 25.7 Å². The van der Waals surface area contributed by atoms with Gasteiger partial charge in [-0.15, -0.1) is 0 Å². The quantitative estimate of drug-likeness (QED) is 0.249. The van der Waals surface area contributed by atoms with Gasteiger partial charge in [0.05, 0.1) is 24.9 Å². The van der Waals surface area contributed by atoms with Crippen LogP contribution in [0.4, 0.5) is 0 Å². The highest BCUT2D eigenvalue weighted by molar-refractivity contribution is 6.10. The number of fused-ring (bicyclic) bond motifs is 1. The summed E-state index contributed by atoms with van der Waals surface area (Å²) in [5.74, 6) is -5.79. The molecule has 4 N–H and O–H groups in total. The first-order valence-corrected chi connectivity index (χ1v) is 12.3. The van der Waals surface area contributed by atoms with Crippen molar-refractivity contribution in [2.75, 3.05) is 19.7 Å².